The highest BCUT2D eigenvalue weighted by molar-refractivity contribution is 7.11. The Hall–Kier alpha value is -3.72. The lowest BCUT2D eigenvalue weighted by Gasteiger charge is -2.27. The van der Waals surface area contributed by atoms with Gasteiger partial charge in [0.15, 0.2) is 11.5 Å². The van der Waals surface area contributed by atoms with Crippen molar-refractivity contribution >= 4 is 29.0 Å². The maximum atomic E-state index is 13.6. The summed E-state index contributed by atoms with van der Waals surface area (Å²) in [5.74, 6) is 1.86. The number of nitrogens with zero attached hydrogens (tertiary/aromatic N) is 2. The van der Waals surface area contributed by atoms with Crippen LogP contribution in [-0.2, 0) is 17.8 Å². The van der Waals surface area contributed by atoms with Crippen LogP contribution in [0.3, 0.4) is 0 Å². The minimum Gasteiger partial charge on any atom is -0.497 e. The third kappa shape index (κ3) is 8.14. The van der Waals surface area contributed by atoms with Gasteiger partial charge in [-0.15, -0.1) is 11.3 Å². The largest absolute Gasteiger partial charge is 0.497 e. The molecule has 0 spiro atoms. The zero-order valence-corrected chi connectivity index (χ0v) is 23.6. The molecule has 0 radical (unpaired) electrons. The molecule has 8 nitrogen and oxygen atoms in total. The Morgan fingerprint density at radius 1 is 0.895 bits per heavy atom. The van der Waals surface area contributed by atoms with Gasteiger partial charge in [-0.1, -0.05) is 19.1 Å². The maximum absolute atomic E-state index is 13.6. The predicted molar refractivity (Wildman–Crippen MR) is 152 cm³/mol. The quantitative estimate of drug-likeness (QED) is 0.306. The van der Waals surface area contributed by atoms with Crippen LogP contribution in [0.4, 0.5) is 10.5 Å². The van der Waals surface area contributed by atoms with Crippen molar-refractivity contribution in [2.24, 2.45) is 0 Å². The fourth-order valence-electron chi connectivity index (χ4n) is 4.04. The van der Waals surface area contributed by atoms with Crippen LogP contribution < -0.4 is 19.5 Å². The molecule has 0 saturated heterocycles. The van der Waals surface area contributed by atoms with E-state index >= 15 is 0 Å². The number of nitrogens with one attached hydrogen (secondary N) is 1. The van der Waals surface area contributed by atoms with Gasteiger partial charge in [-0.25, -0.2) is 4.79 Å². The molecule has 1 heterocycles. The zero-order valence-electron chi connectivity index (χ0n) is 22.8. The van der Waals surface area contributed by atoms with Crippen LogP contribution in [0.1, 0.15) is 28.7 Å². The summed E-state index contributed by atoms with van der Waals surface area (Å²) >= 11 is 1.67. The maximum Gasteiger partial charge on any atom is 0.322 e. The van der Waals surface area contributed by atoms with Crippen molar-refractivity contribution in [1.29, 1.82) is 0 Å². The van der Waals surface area contributed by atoms with Gasteiger partial charge in [0.1, 0.15) is 12.3 Å². The van der Waals surface area contributed by atoms with Gasteiger partial charge in [0.2, 0.25) is 5.91 Å². The van der Waals surface area contributed by atoms with Crippen LogP contribution in [0.2, 0.25) is 0 Å². The lowest BCUT2D eigenvalue weighted by Crippen LogP contribution is -2.45. The Morgan fingerprint density at radius 2 is 1.68 bits per heavy atom. The summed E-state index contributed by atoms with van der Waals surface area (Å²) in [6.45, 7) is 5.48. The fraction of sp³-hybridized carbons (Fsp3) is 0.379. The summed E-state index contributed by atoms with van der Waals surface area (Å²) in [6.07, 6.45) is 1.37. The van der Waals surface area contributed by atoms with Crippen molar-refractivity contribution in [2.45, 2.75) is 33.2 Å². The number of amides is 3. The zero-order chi connectivity index (χ0) is 27.5. The average molecular weight is 540 g/mol. The van der Waals surface area contributed by atoms with Crippen molar-refractivity contribution in [3.8, 4) is 17.2 Å². The van der Waals surface area contributed by atoms with Gasteiger partial charge in [-0.2, -0.15) is 0 Å². The second kappa shape index (κ2) is 14.3. The number of methoxy groups -OCH3 is 3. The van der Waals surface area contributed by atoms with Crippen molar-refractivity contribution in [2.75, 3.05) is 46.3 Å². The summed E-state index contributed by atoms with van der Waals surface area (Å²) in [7, 11) is 4.79. The third-order valence-electron chi connectivity index (χ3n) is 6.04. The van der Waals surface area contributed by atoms with E-state index in [-0.39, 0.29) is 18.5 Å². The molecular weight excluding hydrogens is 502 g/mol. The lowest BCUT2D eigenvalue weighted by atomic mass is 10.1. The molecule has 0 aliphatic heterocycles. The number of carbonyl (C=O) groups excluding carboxylic acids is 2. The third-order valence-corrected chi connectivity index (χ3v) is 7.03. The van der Waals surface area contributed by atoms with Gasteiger partial charge in [0.25, 0.3) is 0 Å². The molecule has 0 saturated carbocycles. The van der Waals surface area contributed by atoms with E-state index in [1.807, 2.05) is 42.2 Å². The van der Waals surface area contributed by atoms with E-state index in [1.165, 1.54) is 4.88 Å². The number of benzene rings is 2. The van der Waals surface area contributed by atoms with E-state index in [0.717, 1.165) is 16.9 Å². The second-order valence-corrected chi connectivity index (χ2v) is 10.2. The molecule has 0 aliphatic carbocycles. The molecule has 3 aromatic rings. The van der Waals surface area contributed by atoms with Crippen LogP contribution in [0.25, 0.3) is 0 Å². The Morgan fingerprint density at radius 3 is 2.34 bits per heavy atom. The number of anilines is 1. The highest BCUT2D eigenvalue weighted by Crippen LogP contribution is 2.28. The van der Waals surface area contributed by atoms with Crippen molar-refractivity contribution in [3.05, 3.63) is 69.9 Å². The minimum atomic E-state index is -0.319. The molecule has 204 valence electrons. The standard InChI is InChI=1S/C29H37N3O5S/c1-6-15-32(29(34)30-23-8-7-9-24(18-23)35-3)20-28(33)31(19-25-12-10-21(2)38-25)16-14-22-11-13-26(36-4)27(17-22)37-5/h7-13,17-18H,6,14-16,19-20H2,1-5H3,(H,30,34). The number of thiophene rings is 1. The number of hydrogen-bond donors (Lipinski definition) is 1. The van der Waals surface area contributed by atoms with E-state index in [0.29, 0.717) is 49.0 Å². The molecule has 1 N–H and O–H groups in total. The summed E-state index contributed by atoms with van der Waals surface area (Å²) in [5.41, 5.74) is 1.64. The number of aryl methyl sites for hydroxylation is 1. The number of rotatable bonds is 13. The highest BCUT2D eigenvalue weighted by atomic mass is 32.1. The molecule has 0 bridgehead atoms. The van der Waals surface area contributed by atoms with E-state index in [9.17, 15) is 9.59 Å². The normalized spacial score (nSPS) is 10.6. The van der Waals surface area contributed by atoms with Crippen molar-refractivity contribution in [1.82, 2.24) is 9.80 Å². The van der Waals surface area contributed by atoms with Crippen LogP contribution in [0, 0.1) is 6.92 Å². The number of urea groups is 1. The minimum absolute atomic E-state index is 0.0140. The molecule has 9 heteroatoms. The number of ether oxygens (including phenoxy) is 3. The second-order valence-electron chi connectivity index (χ2n) is 8.85. The van der Waals surface area contributed by atoms with E-state index in [1.54, 1.807) is 49.7 Å². The Labute approximate surface area is 229 Å². The topological polar surface area (TPSA) is 80.3 Å². The van der Waals surface area contributed by atoms with Gasteiger partial charge in [0.05, 0.1) is 27.9 Å². The van der Waals surface area contributed by atoms with Crippen LogP contribution in [0.5, 0.6) is 17.2 Å². The highest BCUT2D eigenvalue weighted by Gasteiger charge is 2.22. The van der Waals surface area contributed by atoms with Gasteiger partial charge in [-0.3, -0.25) is 4.79 Å². The SMILES string of the molecule is CCCN(CC(=O)N(CCc1ccc(OC)c(OC)c1)Cc1ccc(C)s1)C(=O)Nc1cccc(OC)c1. The first-order chi connectivity index (χ1) is 18.4. The Kier molecular flexibility index (Phi) is 10.8. The first-order valence-corrected chi connectivity index (χ1v) is 13.4. The summed E-state index contributed by atoms with van der Waals surface area (Å²) in [5, 5.41) is 2.89. The lowest BCUT2D eigenvalue weighted by molar-refractivity contribution is -0.132. The fourth-order valence-corrected chi connectivity index (χ4v) is 4.95. The van der Waals surface area contributed by atoms with Gasteiger partial charge in [0, 0.05) is 34.6 Å². The first kappa shape index (κ1) is 28.8. The first-order valence-electron chi connectivity index (χ1n) is 12.6. The monoisotopic (exact) mass is 539 g/mol. The molecule has 0 aliphatic rings. The molecule has 3 amide bonds. The van der Waals surface area contributed by atoms with Crippen molar-refractivity contribution < 1.29 is 23.8 Å². The molecule has 0 unspecified atom stereocenters. The summed E-state index contributed by atoms with van der Waals surface area (Å²) < 4.78 is 16.0. The molecule has 38 heavy (non-hydrogen) atoms. The van der Waals surface area contributed by atoms with Crippen LogP contribution in [-0.4, -0.2) is 62.7 Å². The molecule has 0 fully saturated rings. The Bertz CT molecular complexity index is 1210. The van der Waals surface area contributed by atoms with Gasteiger partial charge < -0.3 is 29.3 Å². The summed E-state index contributed by atoms with van der Waals surface area (Å²) in [4.78, 5) is 32.4. The van der Waals surface area contributed by atoms with Gasteiger partial charge in [-0.05, 0) is 61.7 Å². The summed E-state index contributed by atoms with van der Waals surface area (Å²) in [6, 6.07) is 16.7. The van der Waals surface area contributed by atoms with Crippen molar-refractivity contribution in [3.63, 3.8) is 0 Å². The number of hydrogen-bond acceptors (Lipinski definition) is 6. The van der Waals surface area contributed by atoms with Gasteiger partial charge >= 0.3 is 6.03 Å². The smallest absolute Gasteiger partial charge is 0.322 e. The average Bonchev–Trinajstić information content (AvgIpc) is 3.34. The molecule has 3 rings (SSSR count). The Balaban J connectivity index is 1.74. The van der Waals surface area contributed by atoms with Crippen LogP contribution >= 0.6 is 11.3 Å². The predicted octanol–water partition coefficient (Wildman–Crippen LogP) is 5.60. The molecule has 1 aromatic heterocycles. The van der Waals surface area contributed by atoms with Crippen LogP contribution in [0.15, 0.2) is 54.6 Å². The molecule has 0 atom stereocenters. The van der Waals surface area contributed by atoms with E-state index < -0.39 is 0 Å². The van der Waals surface area contributed by atoms with E-state index in [2.05, 4.69) is 24.4 Å². The van der Waals surface area contributed by atoms with E-state index in [4.69, 9.17) is 14.2 Å². The number of carbonyl (C=O) groups is 2. The molecular formula is C29H37N3O5S. The molecule has 2 aromatic carbocycles.